The maximum Gasteiger partial charge on any atom is 0.404 e. The number of rotatable bonds is 3. The molecule has 0 unspecified atom stereocenters. The van der Waals surface area contributed by atoms with Crippen LogP contribution in [0.5, 0.6) is 5.88 Å². The summed E-state index contributed by atoms with van der Waals surface area (Å²) in [6.07, 6.45) is -3.17. The Morgan fingerprint density at radius 3 is 2.60 bits per heavy atom. The number of hydrogen-bond donors (Lipinski definition) is 0. The summed E-state index contributed by atoms with van der Waals surface area (Å²) in [5.74, 6) is -3.35. The zero-order valence-electron chi connectivity index (χ0n) is 7.41. The Balaban J connectivity index is 3.40. The van der Waals surface area contributed by atoms with E-state index in [0.29, 0.717) is 6.07 Å². The second kappa shape index (κ2) is 4.11. The van der Waals surface area contributed by atoms with Gasteiger partial charge in [-0.15, -0.1) is 0 Å². The van der Waals surface area contributed by atoms with Gasteiger partial charge in [0, 0.05) is 11.1 Å². The molecule has 0 aromatic carbocycles. The average Bonchev–Trinajstić information content (AvgIpc) is 2.17. The molecule has 0 saturated carbocycles. The van der Waals surface area contributed by atoms with E-state index in [0.717, 1.165) is 7.11 Å². The highest BCUT2D eigenvalue weighted by Gasteiger charge is 2.27. The van der Waals surface area contributed by atoms with Crippen molar-refractivity contribution in [3.05, 3.63) is 27.6 Å². The second-order valence-corrected chi connectivity index (χ2v) is 2.45. The SMILES string of the molecule is COc1cc(C(F)F)c(F)c([N+](=O)[O-])n1. The number of halogens is 3. The minimum absolute atomic E-state index is 0.432. The van der Waals surface area contributed by atoms with Gasteiger partial charge in [-0.1, -0.05) is 0 Å². The predicted octanol–water partition coefficient (Wildman–Crippen LogP) is 2.08. The first-order valence-electron chi connectivity index (χ1n) is 3.64. The van der Waals surface area contributed by atoms with E-state index in [1.54, 1.807) is 0 Å². The van der Waals surface area contributed by atoms with Gasteiger partial charge in [0.05, 0.1) is 12.7 Å². The number of nitrogens with zero attached hydrogens (tertiary/aromatic N) is 2. The first-order chi connectivity index (χ1) is 6.97. The zero-order chi connectivity index (χ0) is 11.6. The van der Waals surface area contributed by atoms with Gasteiger partial charge in [0.2, 0.25) is 5.82 Å². The molecular formula is C7H5F3N2O3. The molecule has 0 atom stereocenters. The van der Waals surface area contributed by atoms with Crippen LogP contribution in [0.4, 0.5) is 19.0 Å². The molecule has 82 valence electrons. The molecular weight excluding hydrogens is 217 g/mol. The highest BCUT2D eigenvalue weighted by molar-refractivity contribution is 5.35. The van der Waals surface area contributed by atoms with Crippen LogP contribution in [0.25, 0.3) is 0 Å². The largest absolute Gasteiger partial charge is 0.463 e. The van der Waals surface area contributed by atoms with Gasteiger partial charge in [0.1, 0.15) is 0 Å². The smallest absolute Gasteiger partial charge is 0.404 e. The van der Waals surface area contributed by atoms with E-state index >= 15 is 0 Å². The number of aromatic nitrogens is 1. The Morgan fingerprint density at radius 1 is 1.60 bits per heavy atom. The van der Waals surface area contributed by atoms with Crippen molar-refractivity contribution in [1.82, 2.24) is 4.98 Å². The predicted molar refractivity (Wildman–Crippen MR) is 42.4 cm³/mol. The summed E-state index contributed by atoms with van der Waals surface area (Å²) in [4.78, 5) is 12.2. The molecule has 0 bridgehead atoms. The van der Waals surface area contributed by atoms with Crippen molar-refractivity contribution in [3.8, 4) is 5.88 Å². The van der Waals surface area contributed by atoms with Crippen LogP contribution >= 0.6 is 0 Å². The lowest BCUT2D eigenvalue weighted by atomic mass is 10.2. The van der Waals surface area contributed by atoms with E-state index in [1.165, 1.54) is 0 Å². The molecule has 8 heteroatoms. The van der Waals surface area contributed by atoms with E-state index in [4.69, 9.17) is 0 Å². The summed E-state index contributed by atoms with van der Waals surface area (Å²) in [6, 6.07) is 0.618. The van der Waals surface area contributed by atoms with E-state index < -0.39 is 34.4 Å². The van der Waals surface area contributed by atoms with Crippen molar-refractivity contribution in [1.29, 1.82) is 0 Å². The number of hydrogen-bond acceptors (Lipinski definition) is 4. The van der Waals surface area contributed by atoms with E-state index in [1.807, 2.05) is 0 Å². The molecule has 1 heterocycles. The first kappa shape index (κ1) is 11.2. The minimum Gasteiger partial charge on any atom is -0.463 e. The van der Waals surface area contributed by atoms with Crippen molar-refractivity contribution in [2.75, 3.05) is 7.11 Å². The van der Waals surface area contributed by atoms with Crippen molar-refractivity contribution in [3.63, 3.8) is 0 Å². The maximum atomic E-state index is 13.1. The van der Waals surface area contributed by atoms with Crippen molar-refractivity contribution in [2.45, 2.75) is 6.43 Å². The zero-order valence-corrected chi connectivity index (χ0v) is 7.41. The minimum atomic E-state index is -3.17. The lowest BCUT2D eigenvalue weighted by Gasteiger charge is -2.02. The molecule has 0 spiro atoms. The average molecular weight is 222 g/mol. The first-order valence-corrected chi connectivity index (χ1v) is 3.64. The fourth-order valence-corrected chi connectivity index (χ4v) is 0.896. The number of alkyl halides is 2. The highest BCUT2D eigenvalue weighted by Crippen LogP contribution is 2.29. The highest BCUT2D eigenvalue weighted by atomic mass is 19.3. The molecule has 0 amide bonds. The van der Waals surface area contributed by atoms with Crippen LogP contribution in [0.2, 0.25) is 0 Å². The molecule has 1 aromatic rings. The molecule has 5 nitrogen and oxygen atoms in total. The topological polar surface area (TPSA) is 65.3 Å². The number of ether oxygens (including phenoxy) is 1. The third kappa shape index (κ3) is 2.14. The van der Waals surface area contributed by atoms with Gasteiger partial charge in [0.25, 0.3) is 6.43 Å². The fraction of sp³-hybridized carbons (Fsp3) is 0.286. The van der Waals surface area contributed by atoms with Crippen LogP contribution < -0.4 is 4.74 Å². The van der Waals surface area contributed by atoms with Gasteiger partial charge in [-0.2, -0.15) is 4.39 Å². The third-order valence-electron chi connectivity index (χ3n) is 1.56. The van der Waals surface area contributed by atoms with Crippen LogP contribution in [-0.4, -0.2) is 17.0 Å². The van der Waals surface area contributed by atoms with Crippen molar-refractivity contribution < 1.29 is 22.8 Å². The molecule has 0 saturated heterocycles. The fourth-order valence-electron chi connectivity index (χ4n) is 0.896. The van der Waals surface area contributed by atoms with Gasteiger partial charge >= 0.3 is 11.7 Å². The van der Waals surface area contributed by atoms with E-state index in [9.17, 15) is 23.3 Å². The Kier molecular flexibility index (Phi) is 3.08. The lowest BCUT2D eigenvalue weighted by molar-refractivity contribution is -0.392. The Morgan fingerprint density at radius 2 is 2.20 bits per heavy atom. The van der Waals surface area contributed by atoms with Gasteiger partial charge in [-0.3, -0.25) is 0 Å². The third-order valence-corrected chi connectivity index (χ3v) is 1.56. The molecule has 1 aromatic heterocycles. The summed E-state index contributed by atoms with van der Waals surface area (Å²) in [6.45, 7) is 0. The number of methoxy groups -OCH3 is 1. The monoisotopic (exact) mass is 222 g/mol. The Bertz CT molecular complexity index is 397. The van der Waals surface area contributed by atoms with Crippen LogP contribution in [-0.2, 0) is 0 Å². The molecule has 1 rings (SSSR count). The normalized spacial score (nSPS) is 10.5. The van der Waals surface area contributed by atoms with Gasteiger partial charge in [0.15, 0.2) is 0 Å². The van der Waals surface area contributed by atoms with E-state index in [2.05, 4.69) is 9.72 Å². The maximum absolute atomic E-state index is 13.1. The van der Waals surface area contributed by atoms with Crippen LogP contribution in [0.1, 0.15) is 12.0 Å². The standard InChI is InChI=1S/C7H5F3N2O3/c1-15-4-2-3(6(9)10)5(8)7(11-4)12(13)14/h2,6H,1H3. The Labute approximate surface area is 81.6 Å². The molecule has 0 aliphatic heterocycles. The van der Waals surface area contributed by atoms with Gasteiger partial charge in [-0.25, -0.2) is 8.78 Å². The van der Waals surface area contributed by atoms with E-state index in [-0.39, 0.29) is 0 Å². The molecule has 0 aliphatic carbocycles. The van der Waals surface area contributed by atoms with Crippen LogP contribution in [0, 0.1) is 15.9 Å². The van der Waals surface area contributed by atoms with Gasteiger partial charge in [-0.05, 0) is 4.92 Å². The van der Waals surface area contributed by atoms with Crippen LogP contribution in [0.3, 0.4) is 0 Å². The van der Waals surface area contributed by atoms with Gasteiger partial charge < -0.3 is 14.9 Å². The molecule has 15 heavy (non-hydrogen) atoms. The molecule has 0 aliphatic rings. The lowest BCUT2D eigenvalue weighted by Crippen LogP contribution is -2.03. The Hall–Kier alpha value is -1.86. The quantitative estimate of drug-likeness (QED) is 0.580. The summed E-state index contributed by atoms with van der Waals surface area (Å²) in [5, 5.41) is 10.3. The summed E-state index contributed by atoms with van der Waals surface area (Å²) < 4.78 is 42.0. The molecule has 0 fully saturated rings. The van der Waals surface area contributed by atoms with Crippen molar-refractivity contribution >= 4 is 5.82 Å². The second-order valence-electron chi connectivity index (χ2n) is 2.45. The molecule has 0 N–H and O–H groups in total. The summed E-state index contributed by atoms with van der Waals surface area (Å²) in [7, 11) is 1.08. The number of pyridine rings is 1. The van der Waals surface area contributed by atoms with Crippen molar-refractivity contribution in [2.24, 2.45) is 0 Å². The van der Waals surface area contributed by atoms with Crippen LogP contribution in [0.15, 0.2) is 6.07 Å². The molecule has 0 radical (unpaired) electrons. The summed E-state index contributed by atoms with van der Waals surface area (Å²) in [5.41, 5.74) is -1.10. The number of nitro groups is 1. The summed E-state index contributed by atoms with van der Waals surface area (Å²) >= 11 is 0.